The highest BCUT2D eigenvalue weighted by molar-refractivity contribution is 9.10. The van der Waals surface area contributed by atoms with Crippen LogP contribution in [0.2, 0.25) is 0 Å². The number of nitrogens with one attached hydrogen (secondary N) is 1. The van der Waals surface area contributed by atoms with E-state index in [4.69, 9.17) is 0 Å². The largest absolute Gasteiger partial charge is 0.314 e. The summed E-state index contributed by atoms with van der Waals surface area (Å²) in [5.74, 6) is 0.942. The maximum Gasteiger partial charge on any atom is 0.110 e. The Morgan fingerprint density at radius 3 is 2.83 bits per heavy atom. The Kier molecular flexibility index (Phi) is 3.97. The van der Waals surface area contributed by atoms with Gasteiger partial charge in [0, 0.05) is 44.0 Å². The molecule has 0 aromatic carbocycles. The fourth-order valence-electron chi connectivity index (χ4n) is 2.78. The number of aromatic nitrogens is 1. The molecule has 98 valence electrons. The van der Waals surface area contributed by atoms with E-state index in [1.807, 2.05) is 6.20 Å². The number of halogens is 1. The molecule has 0 spiro atoms. The van der Waals surface area contributed by atoms with Gasteiger partial charge in [0.2, 0.25) is 0 Å². The quantitative estimate of drug-likeness (QED) is 0.867. The molecule has 1 aromatic heterocycles. The predicted octanol–water partition coefficient (Wildman–Crippen LogP) is 2.59. The normalized spacial score (nSPS) is 22.9. The third-order valence-corrected chi connectivity index (χ3v) is 4.66. The third-order valence-electron chi connectivity index (χ3n) is 3.99. The molecule has 1 aromatic rings. The van der Waals surface area contributed by atoms with Crippen LogP contribution in [0.3, 0.4) is 0 Å². The molecule has 1 saturated heterocycles. The summed E-state index contributed by atoms with van der Waals surface area (Å²) in [7, 11) is 0. The topological polar surface area (TPSA) is 28.2 Å². The summed E-state index contributed by atoms with van der Waals surface area (Å²) in [6.45, 7) is 4.52. The van der Waals surface area contributed by atoms with Crippen molar-refractivity contribution in [3.05, 3.63) is 28.5 Å². The van der Waals surface area contributed by atoms with Gasteiger partial charge in [-0.25, -0.2) is 4.98 Å². The Bertz CT molecular complexity index is 400. The summed E-state index contributed by atoms with van der Waals surface area (Å²) >= 11 is 3.62. The lowest BCUT2D eigenvalue weighted by Gasteiger charge is -2.35. The van der Waals surface area contributed by atoms with Crippen molar-refractivity contribution >= 4 is 15.9 Å². The van der Waals surface area contributed by atoms with Gasteiger partial charge in [0.05, 0.1) is 0 Å². The van der Waals surface area contributed by atoms with Gasteiger partial charge in [-0.2, -0.15) is 0 Å². The van der Waals surface area contributed by atoms with Crippen molar-refractivity contribution in [2.75, 3.05) is 26.2 Å². The number of rotatable bonds is 4. The zero-order chi connectivity index (χ0) is 12.4. The number of pyridine rings is 1. The van der Waals surface area contributed by atoms with Gasteiger partial charge in [0.1, 0.15) is 4.60 Å². The number of hydrogen-bond donors (Lipinski definition) is 1. The van der Waals surface area contributed by atoms with Gasteiger partial charge in [0.25, 0.3) is 0 Å². The van der Waals surface area contributed by atoms with Crippen LogP contribution < -0.4 is 5.32 Å². The van der Waals surface area contributed by atoms with Crippen molar-refractivity contribution in [3.8, 4) is 0 Å². The van der Waals surface area contributed by atoms with Gasteiger partial charge in [-0.3, -0.25) is 4.90 Å². The molecular weight excluding hydrogens is 290 g/mol. The van der Waals surface area contributed by atoms with Crippen molar-refractivity contribution < 1.29 is 0 Å². The summed E-state index contributed by atoms with van der Waals surface area (Å²) in [6.07, 6.45) is 5.99. The van der Waals surface area contributed by atoms with E-state index in [-0.39, 0.29) is 0 Å². The van der Waals surface area contributed by atoms with E-state index in [9.17, 15) is 0 Å². The van der Waals surface area contributed by atoms with Crippen LogP contribution >= 0.6 is 15.9 Å². The van der Waals surface area contributed by atoms with Crippen LogP contribution in [0, 0.1) is 5.92 Å². The average Bonchev–Trinajstić information content (AvgIpc) is 3.22. The van der Waals surface area contributed by atoms with Crippen LogP contribution in [0.25, 0.3) is 0 Å². The number of hydrogen-bond acceptors (Lipinski definition) is 3. The molecule has 1 N–H and O–H groups in total. The predicted molar refractivity (Wildman–Crippen MR) is 76.5 cm³/mol. The van der Waals surface area contributed by atoms with E-state index in [0.29, 0.717) is 6.04 Å². The fraction of sp³-hybridized carbons (Fsp3) is 0.643. The molecule has 0 bridgehead atoms. The van der Waals surface area contributed by atoms with Crippen molar-refractivity contribution in [1.29, 1.82) is 0 Å². The van der Waals surface area contributed by atoms with Crippen LogP contribution in [0.4, 0.5) is 0 Å². The highest BCUT2D eigenvalue weighted by atomic mass is 79.9. The van der Waals surface area contributed by atoms with Crippen LogP contribution in [0.15, 0.2) is 22.9 Å². The second-order valence-corrected chi connectivity index (χ2v) is 6.12. The Balaban J connectivity index is 1.81. The molecule has 2 aliphatic rings. The van der Waals surface area contributed by atoms with E-state index in [0.717, 1.165) is 36.7 Å². The second kappa shape index (κ2) is 5.68. The van der Waals surface area contributed by atoms with Gasteiger partial charge >= 0.3 is 0 Å². The van der Waals surface area contributed by atoms with E-state index in [2.05, 4.69) is 43.3 Å². The van der Waals surface area contributed by atoms with Gasteiger partial charge in [0.15, 0.2) is 0 Å². The molecule has 1 aliphatic heterocycles. The molecule has 3 nitrogen and oxygen atoms in total. The van der Waals surface area contributed by atoms with Gasteiger partial charge < -0.3 is 5.32 Å². The minimum atomic E-state index is 0.544. The first-order valence-corrected chi connectivity index (χ1v) is 7.69. The monoisotopic (exact) mass is 309 g/mol. The van der Waals surface area contributed by atoms with Crippen LogP contribution in [0.1, 0.15) is 30.9 Å². The first-order chi connectivity index (χ1) is 8.84. The molecule has 0 radical (unpaired) electrons. The molecule has 4 heteroatoms. The lowest BCUT2D eigenvalue weighted by atomic mass is 10.0. The van der Waals surface area contributed by atoms with E-state index in [1.54, 1.807) is 0 Å². The zero-order valence-electron chi connectivity index (χ0n) is 10.6. The molecule has 0 unspecified atom stereocenters. The second-order valence-electron chi connectivity index (χ2n) is 5.36. The van der Waals surface area contributed by atoms with E-state index >= 15 is 0 Å². The summed E-state index contributed by atoms with van der Waals surface area (Å²) in [4.78, 5) is 7.02. The van der Waals surface area contributed by atoms with Crippen molar-refractivity contribution in [2.24, 2.45) is 5.92 Å². The standard InChI is InChI=1S/C14H20BrN3/c15-14-12(2-1-5-17-14)13(10-11-3-4-11)18-8-6-16-7-9-18/h1-2,5,11,13,16H,3-4,6-10H2/t13-/m0/s1. The Hall–Kier alpha value is -0.450. The fourth-order valence-corrected chi connectivity index (χ4v) is 3.30. The third kappa shape index (κ3) is 2.92. The Morgan fingerprint density at radius 2 is 2.17 bits per heavy atom. The molecule has 1 aliphatic carbocycles. The molecule has 18 heavy (non-hydrogen) atoms. The Labute approximate surface area is 117 Å². The lowest BCUT2D eigenvalue weighted by molar-refractivity contribution is 0.159. The number of nitrogens with zero attached hydrogens (tertiary/aromatic N) is 2. The number of piperazine rings is 1. The molecule has 2 fully saturated rings. The lowest BCUT2D eigenvalue weighted by Crippen LogP contribution is -2.45. The summed E-state index contributed by atoms with van der Waals surface area (Å²) in [6, 6.07) is 4.83. The van der Waals surface area contributed by atoms with Crippen LogP contribution in [0.5, 0.6) is 0 Å². The first-order valence-electron chi connectivity index (χ1n) is 6.90. The highest BCUT2D eigenvalue weighted by Gasteiger charge is 2.31. The maximum absolute atomic E-state index is 4.40. The van der Waals surface area contributed by atoms with Crippen molar-refractivity contribution in [3.63, 3.8) is 0 Å². The smallest absolute Gasteiger partial charge is 0.110 e. The summed E-state index contributed by atoms with van der Waals surface area (Å²) < 4.78 is 1.02. The molecule has 2 heterocycles. The van der Waals surface area contributed by atoms with Crippen LogP contribution in [-0.4, -0.2) is 36.1 Å². The molecule has 1 saturated carbocycles. The summed E-state index contributed by atoms with van der Waals surface area (Å²) in [5.41, 5.74) is 1.37. The van der Waals surface area contributed by atoms with Gasteiger partial charge in [-0.1, -0.05) is 18.9 Å². The zero-order valence-corrected chi connectivity index (χ0v) is 12.2. The minimum Gasteiger partial charge on any atom is -0.314 e. The molecular formula is C14H20BrN3. The molecule has 0 amide bonds. The Morgan fingerprint density at radius 1 is 1.39 bits per heavy atom. The first kappa shape index (κ1) is 12.6. The van der Waals surface area contributed by atoms with E-state index in [1.165, 1.54) is 24.8 Å². The SMILES string of the molecule is Brc1ncccc1[C@H](CC1CC1)N1CCNCC1. The minimum absolute atomic E-state index is 0.544. The maximum atomic E-state index is 4.40. The highest BCUT2D eigenvalue weighted by Crippen LogP contribution is 2.41. The van der Waals surface area contributed by atoms with Gasteiger partial charge in [-0.05, 0) is 34.3 Å². The van der Waals surface area contributed by atoms with Crippen molar-refractivity contribution in [2.45, 2.75) is 25.3 Å². The van der Waals surface area contributed by atoms with E-state index < -0.39 is 0 Å². The van der Waals surface area contributed by atoms with Gasteiger partial charge in [-0.15, -0.1) is 0 Å². The summed E-state index contributed by atoms with van der Waals surface area (Å²) in [5, 5.41) is 3.44. The molecule has 3 rings (SSSR count). The van der Waals surface area contributed by atoms with Crippen LogP contribution in [-0.2, 0) is 0 Å². The average molecular weight is 310 g/mol. The van der Waals surface area contributed by atoms with Crippen molar-refractivity contribution in [1.82, 2.24) is 15.2 Å². The molecule has 1 atom stereocenters.